The first kappa shape index (κ1) is 31.2. The molecule has 0 aromatic carbocycles. The van der Waals surface area contributed by atoms with Crippen LogP contribution in [-0.4, -0.2) is 63.3 Å². The summed E-state index contributed by atoms with van der Waals surface area (Å²) in [5.41, 5.74) is 0.238. The molecular weight excluding hydrogens is 504 g/mol. The predicted octanol–water partition coefficient (Wildman–Crippen LogP) is 5.68. The summed E-state index contributed by atoms with van der Waals surface area (Å²) in [7, 11) is 0. The van der Waals surface area contributed by atoms with Crippen molar-refractivity contribution >= 4 is 0 Å². The summed E-state index contributed by atoms with van der Waals surface area (Å²) in [5, 5.41) is 41.0. The Morgan fingerprint density at radius 3 is 2.23 bits per heavy atom. The minimum absolute atomic E-state index is 0.294. The van der Waals surface area contributed by atoms with Crippen LogP contribution in [0.25, 0.3) is 0 Å². The van der Waals surface area contributed by atoms with Crippen LogP contribution in [0.4, 0.5) is 0 Å². The van der Waals surface area contributed by atoms with E-state index in [2.05, 4.69) is 41.5 Å². The monoisotopic (exact) mass is 564 g/mol. The van der Waals surface area contributed by atoms with Crippen LogP contribution in [0.1, 0.15) is 119 Å². The van der Waals surface area contributed by atoms with E-state index in [-0.39, 0.29) is 0 Å². The Hall–Kier alpha value is -0.240. The van der Waals surface area contributed by atoms with Crippen molar-refractivity contribution in [3.63, 3.8) is 0 Å². The summed E-state index contributed by atoms with van der Waals surface area (Å²) >= 11 is 0. The van der Waals surface area contributed by atoms with E-state index in [1.54, 1.807) is 0 Å². The molecule has 0 radical (unpaired) electrons. The highest BCUT2D eigenvalue weighted by molar-refractivity contribution is 5.11. The van der Waals surface area contributed by atoms with Crippen molar-refractivity contribution < 1.29 is 29.9 Å². The van der Waals surface area contributed by atoms with Gasteiger partial charge in [-0.25, -0.2) is 0 Å². The topological polar surface area (TPSA) is 99.4 Å². The van der Waals surface area contributed by atoms with Crippen LogP contribution in [-0.2, 0) is 9.47 Å². The van der Waals surface area contributed by atoms with Crippen molar-refractivity contribution in [2.24, 2.45) is 52.3 Å². The number of aliphatic hydroxyl groups excluding tert-OH is 4. The summed E-state index contributed by atoms with van der Waals surface area (Å²) in [6.07, 6.45) is 11.4. The second-order valence-electron chi connectivity index (χ2n) is 16.2. The fourth-order valence-corrected chi connectivity index (χ4v) is 11.2. The molecule has 5 rings (SSSR count). The maximum absolute atomic E-state index is 10.8. The highest BCUT2D eigenvalue weighted by Crippen LogP contribution is 2.69. The molecule has 0 aromatic rings. The molecule has 0 aromatic heterocycles. The molecule has 0 bridgehead atoms. The summed E-state index contributed by atoms with van der Waals surface area (Å²) in [5.74, 6) is 3.84. The second-order valence-corrected chi connectivity index (χ2v) is 16.2. The van der Waals surface area contributed by atoms with Crippen LogP contribution in [0.5, 0.6) is 0 Å². The molecule has 5 fully saturated rings. The SMILES string of the molecule is CC(C)CCC[C@@H](C)[C@H]1CC[C@H]2[C@@H]3CC[C@H]4C[C@](C)(O[C@]5(CO)O[C@H](CO)[C@@H](O)[C@@H]5O)CC[C@]4(C)[C@H]3CC[C@]12C. The molecule has 6 nitrogen and oxygen atoms in total. The van der Waals surface area contributed by atoms with Gasteiger partial charge in [0.1, 0.15) is 24.9 Å². The maximum Gasteiger partial charge on any atom is 0.222 e. The predicted molar refractivity (Wildman–Crippen MR) is 156 cm³/mol. The van der Waals surface area contributed by atoms with Gasteiger partial charge >= 0.3 is 0 Å². The van der Waals surface area contributed by atoms with E-state index in [1.807, 2.05) is 0 Å². The number of hydrogen-bond donors (Lipinski definition) is 4. The van der Waals surface area contributed by atoms with Gasteiger partial charge in [-0.05, 0) is 117 Å². The first-order valence-corrected chi connectivity index (χ1v) is 16.8. The van der Waals surface area contributed by atoms with Crippen molar-refractivity contribution in [3.05, 3.63) is 0 Å². The van der Waals surface area contributed by atoms with Gasteiger partial charge in [0.15, 0.2) is 0 Å². The molecule has 13 atom stereocenters. The molecule has 0 spiro atoms. The van der Waals surface area contributed by atoms with Gasteiger partial charge in [-0.3, -0.25) is 0 Å². The van der Waals surface area contributed by atoms with E-state index in [4.69, 9.17) is 9.47 Å². The molecule has 0 amide bonds. The van der Waals surface area contributed by atoms with Gasteiger partial charge in [0.25, 0.3) is 0 Å². The van der Waals surface area contributed by atoms with Gasteiger partial charge in [-0.2, -0.15) is 0 Å². The summed E-state index contributed by atoms with van der Waals surface area (Å²) in [4.78, 5) is 0. The molecule has 4 saturated carbocycles. The van der Waals surface area contributed by atoms with E-state index in [1.165, 1.54) is 57.8 Å². The van der Waals surface area contributed by atoms with Crippen LogP contribution in [0.2, 0.25) is 0 Å². The third-order valence-corrected chi connectivity index (χ3v) is 13.5. The number of fused-ring (bicyclic) bond motifs is 5. The fraction of sp³-hybridized carbons (Fsp3) is 1.00. The average Bonchev–Trinajstić information content (AvgIpc) is 3.38. The number of rotatable bonds is 9. The zero-order chi connectivity index (χ0) is 29.1. The third kappa shape index (κ3) is 5.13. The molecule has 4 N–H and O–H groups in total. The Bertz CT molecular complexity index is 880. The lowest BCUT2D eigenvalue weighted by atomic mass is 9.43. The average molecular weight is 565 g/mol. The van der Waals surface area contributed by atoms with E-state index < -0.39 is 42.9 Å². The van der Waals surface area contributed by atoms with Crippen molar-refractivity contribution in [3.8, 4) is 0 Å². The lowest BCUT2D eigenvalue weighted by molar-refractivity contribution is -0.329. The van der Waals surface area contributed by atoms with E-state index in [0.717, 1.165) is 54.8 Å². The summed E-state index contributed by atoms with van der Waals surface area (Å²) in [6.45, 7) is 13.6. The Balaban J connectivity index is 1.26. The molecule has 1 saturated heterocycles. The van der Waals surface area contributed by atoms with Gasteiger partial charge in [-0.15, -0.1) is 0 Å². The van der Waals surface area contributed by atoms with Crippen molar-refractivity contribution in [1.29, 1.82) is 0 Å². The van der Waals surface area contributed by atoms with Crippen LogP contribution >= 0.6 is 0 Å². The lowest BCUT2D eigenvalue weighted by Crippen LogP contribution is -2.59. The van der Waals surface area contributed by atoms with Crippen LogP contribution in [0, 0.1) is 52.3 Å². The van der Waals surface area contributed by atoms with Crippen LogP contribution in [0.3, 0.4) is 0 Å². The number of hydrogen-bond acceptors (Lipinski definition) is 6. The van der Waals surface area contributed by atoms with Gasteiger partial charge in [-0.1, -0.05) is 53.9 Å². The van der Waals surface area contributed by atoms with Gasteiger partial charge < -0.3 is 29.9 Å². The molecule has 40 heavy (non-hydrogen) atoms. The van der Waals surface area contributed by atoms with Crippen molar-refractivity contribution in [2.75, 3.05) is 13.2 Å². The zero-order valence-corrected chi connectivity index (χ0v) is 26.3. The van der Waals surface area contributed by atoms with Gasteiger partial charge in [0.2, 0.25) is 5.79 Å². The van der Waals surface area contributed by atoms with Crippen molar-refractivity contribution in [2.45, 2.75) is 148 Å². The molecule has 232 valence electrons. The third-order valence-electron chi connectivity index (χ3n) is 13.5. The van der Waals surface area contributed by atoms with E-state index >= 15 is 0 Å². The molecule has 1 aliphatic heterocycles. The van der Waals surface area contributed by atoms with Crippen LogP contribution < -0.4 is 0 Å². The van der Waals surface area contributed by atoms with Gasteiger partial charge in [0, 0.05) is 0 Å². The van der Waals surface area contributed by atoms with E-state index in [0.29, 0.717) is 16.7 Å². The fourth-order valence-electron chi connectivity index (χ4n) is 11.2. The maximum atomic E-state index is 10.8. The Labute approximate surface area is 243 Å². The minimum atomic E-state index is -1.69. The molecule has 5 aliphatic rings. The molecular formula is C34H60O6. The van der Waals surface area contributed by atoms with Crippen LogP contribution in [0.15, 0.2) is 0 Å². The molecule has 6 heteroatoms. The molecule has 4 aliphatic carbocycles. The zero-order valence-electron chi connectivity index (χ0n) is 26.3. The van der Waals surface area contributed by atoms with E-state index in [9.17, 15) is 20.4 Å². The smallest absolute Gasteiger partial charge is 0.222 e. The first-order chi connectivity index (χ1) is 18.8. The quantitative estimate of drug-likeness (QED) is 0.287. The number of ether oxygens (including phenoxy) is 2. The highest BCUT2D eigenvalue weighted by Gasteiger charge is 2.63. The summed E-state index contributed by atoms with van der Waals surface area (Å²) in [6, 6.07) is 0. The van der Waals surface area contributed by atoms with Gasteiger partial charge in [0.05, 0.1) is 12.2 Å². The number of aliphatic hydroxyl groups is 4. The minimum Gasteiger partial charge on any atom is -0.394 e. The Morgan fingerprint density at radius 2 is 1.57 bits per heavy atom. The largest absolute Gasteiger partial charge is 0.394 e. The van der Waals surface area contributed by atoms with Crippen molar-refractivity contribution in [1.82, 2.24) is 0 Å². The lowest BCUT2D eigenvalue weighted by Gasteiger charge is -2.63. The highest BCUT2D eigenvalue weighted by atomic mass is 16.7. The molecule has 1 heterocycles. The first-order valence-electron chi connectivity index (χ1n) is 16.8. The summed E-state index contributed by atoms with van der Waals surface area (Å²) < 4.78 is 12.3. The molecule has 0 unspecified atom stereocenters. The second kappa shape index (κ2) is 11.4. The Kier molecular flexibility index (Phi) is 8.86. The standard InChI is InChI=1S/C34H60O6/c1-21(2)8-7-9-22(3)25-12-13-26-24-11-10-23-18-31(4,16-17-32(23,5)27(24)14-15-33(25,26)6)40-34(20-36)30(38)29(37)28(19-35)39-34/h21-30,35-38H,7-20H2,1-6H3/t22-,23+,24+,25-,26+,27+,28-,29-,30+,31-,32+,33-,34+/m1/s1. The Morgan fingerprint density at radius 1 is 0.850 bits per heavy atom. The normalized spacial score (nSPS) is 51.4.